The predicted molar refractivity (Wildman–Crippen MR) is 64.4 cm³/mol. The number of carbonyl (C=O) groups is 1. The molecule has 1 aromatic heterocycles. The fraction of sp³-hybridized carbons (Fsp3) is 0.750. The van der Waals surface area contributed by atoms with Crippen molar-refractivity contribution in [2.45, 2.75) is 33.2 Å². The maximum atomic E-state index is 11.1. The minimum atomic E-state index is -1.00. The molecule has 1 aromatic rings. The van der Waals surface area contributed by atoms with Crippen LogP contribution in [0.3, 0.4) is 0 Å². The lowest BCUT2D eigenvalue weighted by Crippen LogP contribution is -2.16. The fourth-order valence-corrected chi connectivity index (χ4v) is 2.21. The molecule has 0 spiro atoms. The molecule has 100 valence electrons. The van der Waals surface area contributed by atoms with Gasteiger partial charge in [-0.15, -0.1) is 5.10 Å². The summed E-state index contributed by atoms with van der Waals surface area (Å²) in [5.74, 6) is -0.209. The van der Waals surface area contributed by atoms with Crippen molar-refractivity contribution >= 4 is 5.97 Å². The summed E-state index contributed by atoms with van der Waals surface area (Å²) in [5.41, 5.74) is 0.812. The summed E-state index contributed by atoms with van der Waals surface area (Å²) >= 11 is 0. The lowest BCUT2D eigenvalue weighted by molar-refractivity contribution is 0.0689. The van der Waals surface area contributed by atoms with Crippen LogP contribution in [0.5, 0.6) is 0 Å². The van der Waals surface area contributed by atoms with E-state index in [1.54, 1.807) is 4.68 Å². The second-order valence-electron chi connectivity index (χ2n) is 5.20. The smallest absolute Gasteiger partial charge is 0.358 e. The molecule has 6 nitrogen and oxygen atoms in total. The molecule has 6 heteroatoms. The predicted octanol–water partition coefficient (Wildman–Crippen LogP) is 1.21. The Bertz CT molecular complexity index is 422. The first-order chi connectivity index (χ1) is 8.58. The van der Waals surface area contributed by atoms with E-state index in [1.165, 1.54) is 0 Å². The van der Waals surface area contributed by atoms with Gasteiger partial charge in [-0.2, -0.15) is 0 Å². The molecule has 1 atom stereocenters. The van der Waals surface area contributed by atoms with E-state index in [0.29, 0.717) is 24.8 Å². The standard InChI is InChI=1S/C12H19N3O3/c1-8(2)5-10-11(12(16)17)13-14-15(10)6-9-3-4-18-7-9/h8-9H,3-7H2,1-2H3,(H,16,17). The van der Waals surface area contributed by atoms with Crippen LogP contribution in [0.1, 0.15) is 36.5 Å². The zero-order valence-electron chi connectivity index (χ0n) is 10.8. The Morgan fingerprint density at radius 1 is 1.61 bits per heavy atom. The average molecular weight is 253 g/mol. The van der Waals surface area contributed by atoms with E-state index in [-0.39, 0.29) is 5.69 Å². The van der Waals surface area contributed by atoms with Gasteiger partial charge in [-0.1, -0.05) is 19.1 Å². The van der Waals surface area contributed by atoms with E-state index >= 15 is 0 Å². The Hall–Kier alpha value is -1.43. The van der Waals surface area contributed by atoms with Gasteiger partial charge in [-0.25, -0.2) is 9.48 Å². The molecule has 0 amide bonds. The molecule has 0 radical (unpaired) electrons. The summed E-state index contributed by atoms with van der Waals surface area (Å²) in [6.07, 6.45) is 1.69. The highest BCUT2D eigenvalue weighted by Gasteiger charge is 2.23. The molecule has 1 fully saturated rings. The molecule has 0 saturated carbocycles. The maximum absolute atomic E-state index is 11.1. The monoisotopic (exact) mass is 253 g/mol. The van der Waals surface area contributed by atoms with Crippen molar-refractivity contribution in [2.75, 3.05) is 13.2 Å². The second kappa shape index (κ2) is 5.48. The van der Waals surface area contributed by atoms with Gasteiger partial charge in [0.05, 0.1) is 12.3 Å². The molecule has 1 aliphatic heterocycles. The third-order valence-corrected chi connectivity index (χ3v) is 3.10. The van der Waals surface area contributed by atoms with Crippen molar-refractivity contribution < 1.29 is 14.6 Å². The van der Waals surface area contributed by atoms with E-state index in [2.05, 4.69) is 24.2 Å². The molecule has 1 saturated heterocycles. The fourth-order valence-electron chi connectivity index (χ4n) is 2.21. The zero-order chi connectivity index (χ0) is 13.1. The Labute approximate surface area is 106 Å². The summed E-state index contributed by atoms with van der Waals surface area (Å²) < 4.78 is 7.07. The quantitative estimate of drug-likeness (QED) is 0.853. The SMILES string of the molecule is CC(C)Cc1c(C(=O)O)nnn1CC1CCOC1. The Kier molecular flexibility index (Phi) is 3.96. The first kappa shape index (κ1) is 13.0. The van der Waals surface area contributed by atoms with E-state index in [0.717, 1.165) is 25.3 Å². The van der Waals surface area contributed by atoms with Crippen molar-refractivity contribution in [1.82, 2.24) is 15.0 Å². The molecule has 18 heavy (non-hydrogen) atoms. The number of aromatic carboxylic acids is 1. The van der Waals surface area contributed by atoms with Gasteiger partial charge in [0.2, 0.25) is 0 Å². The van der Waals surface area contributed by atoms with Crippen LogP contribution in [-0.4, -0.2) is 39.3 Å². The molecule has 2 heterocycles. The van der Waals surface area contributed by atoms with Crippen molar-refractivity contribution in [3.05, 3.63) is 11.4 Å². The minimum Gasteiger partial charge on any atom is -0.476 e. The lowest BCUT2D eigenvalue weighted by Gasteiger charge is -2.12. The van der Waals surface area contributed by atoms with Crippen molar-refractivity contribution in [2.24, 2.45) is 11.8 Å². The van der Waals surface area contributed by atoms with Crippen LogP contribution in [0, 0.1) is 11.8 Å². The molecule has 0 aliphatic carbocycles. The molecule has 1 N–H and O–H groups in total. The molecule has 2 rings (SSSR count). The highest BCUT2D eigenvalue weighted by atomic mass is 16.5. The number of ether oxygens (including phenoxy) is 1. The number of nitrogens with zero attached hydrogens (tertiary/aromatic N) is 3. The number of hydrogen-bond donors (Lipinski definition) is 1. The molecular weight excluding hydrogens is 234 g/mol. The molecule has 0 bridgehead atoms. The summed E-state index contributed by atoms with van der Waals surface area (Å²) in [6.45, 7) is 6.32. The largest absolute Gasteiger partial charge is 0.476 e. The van der Waals surface area contributed by atoms with Gasteiger partial charge in [-0.05, 0) is 18.8 Å². The van der Waals surface area contributed by atoms with Crippen LogP contribution in [0.4, 0.5) is 0 Å². The first-order valence-corrected chi connectivity index (χ1v) is 6.31. The van der Waals surface area contributed by atoms with Crippen molar-refractivity contribution in [1.29, 1.82) is 0 Å². The second-order valence-corrected chi connectivity index (χ2v) is 5.20. The van der Waals surface area contributed by atoms with Crippen LogP contribution in [-0.2, 0) is 17.7 Å². The summed E-state index contributed by atoms with van der Waals surface area (Å²) in [6, 6.07) is 0. The maximum Gasteiger partial charge on any atom is 0.358 e. The first-order valence-electron chi connectivity index (χ1n) is 6.31. The normalized spacial score (nSPS) is 19.6. The molecule has 1 aliphatic rings. The third kappa shape index (κ3) is 2.87. The van der Waals surface area contributed by atoms with Gasteiger partial charge in [-0.3, -0.25) is 0 Å². The number of aromatic nitrogens is 3. The van der Waals surface area contributed by atoms with Gasteiger partial charge in [0, 0.05) is 19.1 Å². The van der Waals surface area contributed by atoms with Gasteiger partial charge < -0.3 is 9.84 Å². The number of hydrogen-bond acceptors (Lipinski definition) is 4. The molecule has 1 unspecified atom stereocenters. The van der Waals surface area contributed by atoms with Gasteiger partial charge in [0.1, 0.15) is 0 Å². The molecular formula is C12H19N3O3. The number of carboxylic acids is 1. The average Bonchev–Trinajstić information content (AvgIpc) is 2.89. The number of rotatable bonds is 5. The Balaban J connectivity index is 2.19. The summed E-state index contributed by atoms with van der Waals surface area (Å²) in [4.78, 5) is 11.1. The van der Waals surface area contributed by atoms with Crippen LogP contribution in [0.15, 0.2) is 0 Å². The summed E-state index contributed by atoms with van der Waals surface area (Å²) in [7, 11) is 0. The topological polar surface area (TPSA) is 77.2 Å². The van der Waals surface area contributed by atoms with E-state index < -0.39 is 5.97 Å². The van der Waals surface area contributed by atoms with Crippen molar-refractivity contribution in [3.63, 3.8) is 0 Å². The Morgan fingerprint density at radius 3 is 2.94 bits per heavy atom. The highest BCUT2D eigenvalue weighted by molar-refractivity contribution is 5.86. The van der Waals surface area contributed by atoms with Gasteiger partial charge in [0.25, 0.3) is 0 Å². The molecule has 0 aromatic carbocycles. The van der Waals surface area contributed by atoms with Gasteiger partial charge in [0.15, 0.2) is 5.69 Å². The van der Waals surface area contributed by atoms with Crippen LogP contribution in [0.2, 0.25) is 0 Å². The van der Waals surface area contributed by atoms with Crippen LogP contribution < -0.4 is 0 Å². The highest BCUT2D eigenvalue weighted by Crippen LogP contribution is 2.18. The Morgan fingerprint density at radius 2 is 2.39 bits per heavy atom. The van der Waals surface area contributed by atoms with E-state index in [9.17, 15) is 4.79 Å². The number of carboxylic acid groups (broad SMARTS) is 1. The van der Waals surface area contributed by atoms with Gasteiger partial charge >= 0.3 is 5.97 Å². The van der Waals surface area contributed by atoms with E-state index in [4.69, 9.17) is 9.84 Å². The summed E-state index contributed by atoms with van der Waals surface area (Å²) in [5, 5.41) is 16.9. The zero-order valence-corrected chi connectivity index (χ0v) is 10.8. The minimum absolute atomic E-state index is 0.0858. The van der Waals surface area contributed by atoms with Crippen molar-refractivity contribution in [3.8, 4) is 0 Å². The van der Waals surface area contributed by atoms with E-state index in [1.807, 2.05) is 0 Å². The van der Waals surface area contributed by atoms with Crippen LogP contribution >= 0.6 is 0 Å². The van der Waals surface area contributed by atoms with Crippen LogP contribution in [0.25, 0.3) is 0 Å². The lowest BCUT2D eigenvalue weighted by atomic mass is 10.1. The third-order valence-electron chi connectivity index (χ3n) is 3.10.